The summed E-state index contributed by atoms with van der Waals surface area (Å²) in [5.74, 6) is -8.77. The Balaban J connectivity index is 1.59. The number of esters is 2. The van der Waals surface area contributed by atoms with Gasteiger partial charge in [-0.25, -0.2) is 14.8 Å². The van der Waals surface area contributed by atoms with Gasteiger partial charge in [0.15, 0.2) is 5.25 Å². The predicted molar refractivity (Wildman–Crippen MR) is 117 cm³/mol. The number of nitrogens with zero attached hydrogens (tertiary/aromatic N) is 2. The van der Waals surface area contributed by atoms with E-state index in [4.69, 9.17) is 19.3 Å². The molecule has 222 valence electrons. The van der Waals surface area contributed by atoms with Crippen molar-refractivity contribution >= 4 is 69.7 Å². The number of hydroxylamine groups is 4. The van der Waals surface area contributed by atoms with E-state index in [0.29, 0.717) is 12.0 Å². The van der Waals surface area contributed by atoms with Crippen LogP contribution in [0.15, 0.2) is 0 Å². The standard InChI is InChI=1S/C18H20N2O18S2/c21-11-7-9(39-38-37-29)17(27)19(11)35-15(25)3-1-13(23)33-5-6-34-14(24)2-4-16(26)36-20-12(22)8-10(18(20)28)40(30,31)32/h9-10,29H,1-8H2,(H,30,31,32). The van der Waals surface area contributed by atoms with Crippen LogP contribution in [0.3, 0.4) is 0 Å². The zero-order valence-corrected chi connectivity index (χ0v) is 21.6. The fourth-order valence-electron chi connectivity index (χ4n) is 2.89. The van der Waals surface area contributed by atoms with Crippen molar-refractivity contribution in [2.45, 2.75) is 49.0 Å². The van der Waals surface area contributed by atoms with Gasteiger partial charge in [0.1, 0.15) is 18.5 Å². The number of carbonyl (C=O) groups excluding carboxylic acids is 8. The molecule has 20 nitrogen and oxygen atoms in total. The molecule has 4 amide bonds. The first-order chi connectivity index (χ1) is 18.7. The van der Waals surface area contributed by atoms with Crippen LogP contribution in [0.1, 0.15) is 38.5 Å². The number of rotatable bonds is 15. The van der Waals surface area contributed by atoms with Crippen molar-refractivity contribution in [3.8, 4) is 0 Å². The Kier molecular flexibility index (Phi) is 11.9. The van der Waals surface area contributed by atoms with Crippen molar-refractivity contribution in [1.29, 1.82) is 0 Å². The van der Waals surface area contributed by atoms with Crippen molar-refractivity contribution in [2.75, 3.05) is 13.2 Å². The van der Waals surface area contributed by atoms with Crippen LogP contribution >= 0.6 is 12.0 Å². The summed E-state index contributed by atoms with van der Waals surface area (Å²) in [5, 5.41) is 8.21. The Bertz CT molecular complexity index is 1170. The lowest BCUT2D eigenvalue weighted by Crippen LogP contribution is -2.36. The summed E-state index contributed by atoms with van der Waals surface area (Å²) in [6.45, 7) is -0.911. The van der Waals surface area contributed by atoms with Crippen LogP contribution in [-0.2, 0) is 77.0 Å². The van der Waals surface area contributed by atoms with E-state index in [0.717, 1.165) is 0 Å². The molecule has 0 aliphatic carbocycles. The molecule has 2 unspecified atom stereocenters. The van der Waals surface area contributed by atoms with E-state index < -0.39 is 120 Å². The summed E-state index contributed by atoms with van der Waals surface area (Å²) in [4.78, 5) is 103. The van der Waals surface area contributed by atoms with Crippen LogP contribution in [0.4, 0.5) is 0 Å². The summed E-state index contributed by atoms with van der Waals surface area (Å²) in [7, 11) is -4.90. The van der Waals surface area contributed by atoms with E-state index in [1.807, 2.05) is 0 Å². The number of amides is 4. The Morgan fingerprint density at radius 1 is 0.775 bits per heavy atom. The fourth-order valence-corrected chi connectivity index (χ4v) is 4.11. The Labute approximate surface area is 227 Å². The van der Waals surface area contributed by atoms with Gasteiger partial charge in [-0.2, -0.15) is 8.42 Å². The topological polar surface area (TPSA) is 273 Å². The van der Waals surface area contributed by atoms with Crippen molar-refractivity contribution in [3.63, 3.8) is 0 Å². The molecule has 0 aromatic rings. The highest BCUT2D eigenvalue weighted by Gasteiger charge is 2.48. The summed E-state index contributed by atoms with van der Waals surface area (Å²) in [6, 6.07) is 0. The van der Waals surface area contributed by atoms with E-state index in [-0.39, 0.29) is 10.1 Å². The third-order valence-electron chi connectivity index (χ3n) is 4.73. The lowest BCUT2D eigenvalue weighted by atomic mass is 10.3. The van der Waals surface area contributed by atoms with Crippen LogP contribution in [0.5, 0.6) is 0 Å². The van der Waals surface area contributed by atoms with Crippen LogP contribution in [-0.4, -0.2) is 99.6 Å². The summed E-state index contributed by atoms with van der Waals surface area (Å²) in [6.07, 6.45) is -3.72. The largest absolute Gasteiger partial charge is 0.462 e. The minimum absolute atomic E-state index is 0.123. The first kappa shape index (κ1) is 32.5. The number of hydrogen-bond acceptors (Lipinski definition) is 18. The fraction of sp³-hybridized carbons (Fsp3) is 0.556. The lowest BCUT2D eigenvalue weighted by molar-refractivity contribution is -0.432. The average molecular weight is 616 g/mol. The maximum Gasteiger partial charge on any atom is 0.333 e. The van der Waals surface area contributed by atoms with Crippen LogP contribution in [0, 0.1) is 0 Å². The third kappa shape index (κ3) is 9.49. The number of ether oxygens (including phenoxy) is 2. The van der Waals surface area contributed by atoms with E-state index in [1.54, 1.807) is 0 Å². The molecule has 0 aromatic carbocycles. The molecule has 0 saturated carbocycles. The smallest absolute Gasteiger partial charge is 0.333 e. The minimum atomic E-state index is -4.90. The van der Waals surface area contributed by atoms with Gasteiger partial charge in [-0.05, 0) is 0 Å². The summed E-state index contributed by atoms with van der Waals surface area (Å²) in [5.41, 5.74) is 0. The van der Waals surface area contributed by atoms with Gasteiger partial charge in [0.05, 0.1) is 38.5 Å². The van der Waals surface area contributed by atoms with Gasteiger partial charge < -0.3 is 19.1 Å². The normalized spacial score (nSPS) is 19.1. The predicted octanol–water partition coefficient (Wildman–Crippen LogP) is -2.24. The van der Waals surface area contributed by atoms with Gasteiger partial charge >= 0.3 is 23.9 Å². The summed E-state index contributed by atoms with van der Waals surface area (Å²) < 4.78 is 44.5. The zero-order valence-electron chi connectivity index (χ0n) is 19.9. The molecular formula is C18H20N2O18S2. The highest BCUT2D eigenvalue weighted by atomic mass is 32.2. The molecule has 2 atom stereocenters. The highest BCUT2D eigenvalue weighted by Crippen LogP contribution is 2.26. The number of imide groups is 2. The second kappa shape index (κ2) is 14.6. The maximum atomic E-state index is 11.9. The van der Waals surface area contributed by atoms with Crippen molar-refractivity contribution < 1.29 is 85.1 Å². The molecule has 2 saturated heterocycles. The quantitative estimate of drug-likeness (QED) is 0.0374. The molecular weight excluding hydrogens is 596 g/mol. The van der Waals surface area contributed by atoms with Crippen LogP contribution in [0.2, 0.25) is 0 Å². The molecule has 2 heterocycles. The van der Waals surface area contributed by atoms with E-state index in [2.05, 4.69) is 19.0 Å². The van der Waals surface area contributed by atoms with Crippen molar-refractivity contribution in [1.82, 2.24) is 10.1 Å². The van der Waals surface area contributed by atoms with Gasteiger partial charge in [0.25, 0.3) is 33.7 Å². The molecule has 0 bridgehead atoms. The van der Waals surface area contributed by atoms with Crippen molar-refractivity contribution in [2.24, 2.45) is 0 Å². The molecule has 0 spiro atoms. The Hall–Kier alpha value is -3.70. The Morgan fingerprint density at radius 3 is 1.68 bits per heavy atom. The highest BCUT2D eigenvalue weighted by molar-refractivity contribution is 7.96. The first-order valence-electron chi connectivity index (χ1n) is 10.8. The van der Waals surface area contributed by atoms with Crippen LogP contribution < -0.4 is 0 Å². The van der Waals surface area contributed by atoms with Gasteiger partial charge in [0, 0.05) is 12.0 Å². The minimum Gasteiger partial charge on any atom is -0.462 e. The SMILES string of the molecule is O=C(CCC(=O)ON1C(=O)CC(SOOO)C1=O)OCCOC(=O)CCC(=O)ON1C(=O)CC(S(=O)(=O)O)C1=O. The second-order valence-electron chi connectivity index (χ2n) is 7.56. The van der Waals surface area contributed by atoms with Gasteiger partial charge in [0.2, 0.25) is 0 Å². The molecule has 22 heteroatoms. The molecule has 0 aromatic heterocycles. The van der Waals surface area contributed by atoms with E-state index in [1.165, 1.54) is 0 Å². The summed E-state index contributed by atoms with van der Waals surface area (Å²) >= 11 is 0.309. The molecule has 2 aliphatic rings. The number of hydrogen-bond donors (Lipinski definition) is 2. The van der Waals surface area contributed by atoms with Crippen molar-refractivity contribution in [3.05, 3.63) is 0 Å². The average Bonchev–Trinajstić information content (AvgIpc) is 3.32. The van der Waals surface area contributed by atoms with Gasteiger partial charge in [-0.3, -0.25) is 33.3 Å². The third-order valence-corrected chi connectivity index (χ3v) is 6.56. The zero-order chi connectivity index (χ0) is 30.0. The maximum absolute atomic E-state index is 11.9. The van der Waals surface area contributed by atoms with Crippen LogP contribution in [0.25, 0.3) is 0 Å². The first-order valence-corrected chi connectivity index (χ1v) is 13.1. The molecule has 2 aliphatic heterocycles. The molecule has 2 N–H and O–H groups in total. The van der Waals surface area contributed by atoms with E-state index >= 15 is 0 Å². The second-order valence-corrected chi connectivity index (χ2v) is 10.1. The monoisotopic (exact) mass is 616 g/mol. The lowest BCUT2D eigenvalue weighted by Gasteiger charge is -2.13. The van der Waals surface area contributed by atoms with Gasteiger partial charge in [-0.15, -0.1) is 14.5 Å². The van der Waals surface area contributed by atoms with E-state index in [9.17, 15) is 46.8 Å². The van der Waals surface area contributed by atoms with Gasteiger partial charge in [-0.1, -0.05) is 5.04 Å². The molecule has 40 heavy (non-hydrogen) atoms. The number of carbonyl (C=O) groups is 8. The molecule has 2 rings (SSSR count). The molecule has 2 fully saturated rings. The molecule has 0 radical (unpaired) electrons. The Morgan fingerprint density at radius 2 is 1.23 bits per heavy atom.